The first-order chi connectivity index (χ1) is 15.8. The van der Waals surface area contributed by atoms with Crippen molar-refractivity contribution in [3.8, 4) is 0 Å². The summed E-state index contributed by atoms with van der Waals surface area (Å²) in [6.07, 6.45) is 19.7. The number of benzene rings is 2. The lowest BCUT2D eigenvalue weighted by Crippen LogP contribution is -2.26. The van der Waals surface area contributed by atoms with E-state index in [2.05, 4.69) is 96.4 Å². The molecule has 1 N–H and O–H groups in total. The average Bonchev–Trinajstić information content (AvgIpc) is 3.24. The lowest BCUT2D eigenvalue weighted by molar-refractivity contribution is 0.914. The van der Waals surface area contributed by atoms with E-state index in [1.54, 1.807) is 5.56 Å². The second-order valence-electron chi connectivity index (χ2n) is 8.87. The highest BCUT2D eigenvalue weighted by atomic mass is 32.1. The summed E-state index contributed by atoms with van der Waals surface area (Å²) < 4.78 is 1.48. The van der Waals surface area contributed by atoms with Crippen LogP contribution in [0.15, 0.2) is 78.5 Å². The molecule has 3 aliphatic rings. The predicted octanol–water partition coefficient (Wildman–Crippen LogP) is 6.63. The molecule has 0 spiro atoms. The molecule has 0 radical (unpaired) electrons. The third-order valence-electron chi connectivity index (χ3n) is 6.80. The predicted molar refractivity (Wildman–Crippen MR) is 139 cm³/mol. The van der Waals surface area contributed by atoms with Crippen LogP contribution in [-0.4, -0.2) is 0 Å². The monoisotopic (exact) mass is 433 g/mol. The number of anilines is 1. The molecule has 0 amide bonds. The molecule has 1 nitrogen and oxygen atoms in total. The van der Waals surface area contributed by atoms with Crippen molar-refractivity contribution >= 4 is 40.8 Å². The maximum absolute atomic E-state index is 3.63. The van der Waals surface area contributed by atoms with E-state index in [4.69, 9.17) is 0 Å². The van der Waals surface area contributed by atoms with Gasteiger partial charge in [0.05, 0.1) is 0 Å². The zero-order valence-corrected chi connectivity index (χ0v) is 19.0. The Labute approximate surface area is 193 Å². The normalized spacial score (nSPS) is 19.1. The van der Waals surface area contributed by atoms with E-state index < -0.39 is 0 Å². The molecule has 2 aromatic carbocycles. The van der Waals surface area contributed by atoms with Gasteiger partial charge in [-0.1, -0.05) is 66.8 Å². The number of fused-ring (bicyclic) bond motifs is 3. The largest absolute Gasteiger partial charge is 0.359 e. The fourth-order valence-corrected chi connectivity index (χ4v) is 6.25. The second kappa shape index (κ2) is 8.44. The highest BCUT2D eigenvalue weighted by Crippen LogP contribution is 2.30. The molecule has 1 aromatic heterocycles. The summed E-state index contributed by atoms with van der Waals surface area (Å²) in [5.74, 6) is 0.478. The van der Waals surface area contributed by atoms with Crippen LogP contribution in [0.4, 0.5) is 5.69 Å². The van der Waals surface area contributed by atoms with Crippen molar-refractivity contribution in [3.05, 3.63) is 110 Å². The highest BCUT2D eigenvalue weighted by molar-refractivity contribution is 7.11. The van der Waals surface area contributed by atoms with Gasteiger partial charge < -0.3 is 5.32 Å². The van der Waals surface area contributed by atoms with Crippen LogP contribution in [0.3, 0.4) is 0 Å². The molecule has 158 valence electrons. The van der Waals surface area contributed by atoms with Gasteiger partial charge in [-0.3, -0.25) is 0 Å². The van der Waals surface area contributed by atoms with E-state index in [1.807, 2.05) is 11.3 Å². The molecule has 0 bridgehead atoms. The van der Waals surface area contributed by atoms with Gasteiger partial charge in [0.1, 0.15) is 0 Å². The van der Waals surface area contributed by atoms with E-state index >= 15 is 0 Å². The molecule has 0 unspecified atom stereocenters. The van der Waals surface area contributed by atoms with Crippen LogP contribution < -0.4 is 15.1 Å². The minimum atomic E-state index is 0.478. The summed E-state index contributed by atoms with van der Waals surface area (Å²) in [6, 6.07) is 19.8. The van der Waals surface area contributed by atoms with Crippen molar-refractivity contribution < 1.29 is 0 Å². The minimum absolute atomic E-state index is 0.478. The summed E-state index contributed by atoms with van der Waals surface area (Å²) in [5, 5.41) is 5.13. The Morgan fingerprint density at radius 3 is 2.56 bits per heavy atom. The Morgan fingerprint density at radius 1 is 0.875 bits per heavy atom. The van der Waals surface area contributed by atoms with Gasteiger partial charge in [-0.2, -0.15) is 0 Å². The molecule has 0 saturated heterocycles. The molecule has 3 aromatic rings. The molecule has 0 saturated carbocycles. The Bertz CT molecular complexity index is 1350. The van der Waals surface area contributed by atoms with Gasteiger partial charge in [0.25, 0.3) is 0 Å². The maximum Gasteiger partial charge on any atom is 0.0381 e. The molecule has 0 fully saturated rings. The number of rotatable bonds is 4. The quantitative estimate of drug-likeness (QED) is 0.487. The Kier molecular flexibility index (Phi) is 5.16. The molecular formula is C30H27NS. The van der Waals surface area contributed by atoms with Crippen LogP contribution in [0.2, 0.25) is 0 Å². The van der Waals surface area contributed by atoms with Crippen molar-refractivity contribution in [2.45, 2.75) is 38.0 Å². The first-order valence-corrected chi connectivity index (χ1v) is 12.5. The average molecular weight is 434 g/mol. The Hall–Kier alpha value is -3.10. The number of allylic oxidation sites excluding steroid dienone is 5. The van der Waals surface area contributed by atoms with Gasteiger partial charge in [0, 0.05) is 26.7 Å². The lowest BCUT2D eigenvalue weighted by atomic mass is 9.90. The van der Waals surface area contributed by atoms with Crippen molar-refractivity contribution in [2.24, 2.45) is 0 Å². The topological polar surface area (TPSA) is 12.0 Å². The summed E-state index contributed by atoms with van der Waals surface area (Å²) in [5.41, 5.74) is 8.19. The molecule has 1 atom stereocenters. The third-order valence-corrected chi connectivity index (χ3v) is 8.01. The second-order valence-corrected chi connectivity index (χ2v) is 9.96. The summed E-state index contributed by atoms with van der Waals surface area (Å²) in [4.78, 5) is 1.47. The van der Waals surface area contributed by atoms with E-state index in [-0.39, 0.29) is 0 Å². The number of hydrogen-bond donors (Lipinski definition) is 1. The zero-order valence-electron chi connectivity index (χ0n) is 18.2. The van der Waals surface area contributed by atoms with Crippen LogP contribution >= 0.6 is 11.3 Å². The maximum atomic E-state index is 3.63. The minimum Gasteiger partial charge on any atom is -0.359 e. The van der Waals surface area contributed by atoms with Crippen molar-refractivity contribution in [3.63, 3.8) is 0 Å². The molecule has 6 rings (SSSR count). The van der Waals surface area contributed by atoms with Crippen LogP contribution in [0.5, 0.6) is 0 Å². The molecular weight excluding hydrogens is 406 g/mol. The summed E-state index contributed by atoms with van der Waals surface area (Å²) in [6.45, 7) is 0. The van der Waals surface area contributed by atoms with Crippen molar-refractivity contribution in [1.29, 1.82) is 0 Å². The third kappa shape index (κ3) is 3.80. The molecule has 1 heterocycles. The molecule has 2 heteroatoms. The highest BCUT2D eigenvalue weighted by Gasteiger charge is 2.17. The zero-order chi connectivity index (χ0) is 21.3. The first-order valence-electron chi connectivity index (χ1n) is 11.7. The molecule has 0 aliphatic heterocycles. The molecule has 32 heavy (non-hydrogen) atoms. The standard InChI is InChI=1S/C30H27NS/c1-2-6-21(7-3-1)22-10-15-25(16-11-22)31-26-17-12-23(13-18-26)24-14-19-30-28(20-24)27-8-4-5-9-29(27)32-30/h1-3,5-7,9-10,12-13,15,17-20,24,31H,4,8,11,14,16H2/t24-/m1/s1. The van der Waals surface area contributed by atoms with Gasteiger partial charge in [-0.05, 0) is 83.9 Å². The SMILES string of the molecule is C1=Cc2sc3c(c2CC1)=C[C@H](c1ccc(NC2=CC=C(c4ccccc4)CC2)cc1)CC=3. The van der Waals surface area contributed by atoms with E-state index in [0.717, 1.165) is 19.3 Å². The summed E-state index contributed by atoms with van der Waals surface area (Å²) in [7, 11) is 0. The van der Waals surface area contributed by atoms with Crippen LogP contribution in [0.1, 0.15) is 53.2 Å². The van der Waals surface area contributed by atoms with Crippen molar-refractivity contribution in [1.82, 2.24) is 0 Å². The van der Waals surface area contributed by atoms with Crippen LogP contribution in [0.25, 0.3) is 23.8 Å². The van der Waals surface area contributed by atoms with Gasteiger partial charge >= 0.3 is 0 Å². The fraction of sp³-hybridized carbons (Fsp3) is 0.200. The number of thiophene rings is 1. The van der Waals surface area contributed by atoms with Gasteiger partial charge in [-0.15, -0.1) is 11.3 Å². The molecule has 3 aliphatic carbocycles. The van der Waals surface area contributed by atoms with E-state index in [9.17, 15) is 0 Å². The number of nitrogens with one attached hydrogen (secondary N) is 1. The van der Waals surface area contributed by atoms with E-state index in [1.165, 1.54) is 55.6 Å². The Morgan fingerprint density at radius 2 is 1.75 bits per heavy atom. The van der Waals surface area contributed by atoms with Crippen LogP contribution in [0, 0.1) is 0 Å². The van der Waals surface area contributed by atoms with Crippen molar-refractivity contribution in [2.75, 3.05) is 5.32 Å². The smallest absolute Gasteiger partial charge is 0.0381 e. The first kappa shape index (κ1) is 19.6. The van der Waals surface area contributed by atoms with Gasteiger partial charge in [-0.25, -0.2) is 0 Å². The van der Waals surface area contributed by atoms with Gasteiger partial charge in [0.2, 0.25) is 0 Å². The van der Waals surface area contributed by atoms with E-state index in [0.29, 0.717) is 5.92 Å². The summed E-state index contributed by atoms with van der Waals surface area (Å²) >= 11 is 1.96. The fourth-order valence-electron chi connectivity index (χ4n) is 5.03. The Balaban J connectivity index is 1.18. The lowest BCUT2D eigenvalue weighted by Gasteiger charge is -2.18. The van der Waals surface area contributed by atoms with Crippen LogP contribution in [-0.2, 0) is 6.42 Å². The number of hydrogen-bond acceptors (Lipinski definition) is 2. The van der Waals surface area contributed by atoms with Gasteiger partial charge in [0.15, 0.2) is 0 Å².